The van der Waals surface area contributed by atoms with E-state index in [-0.39, 0.29) is 11.9 Å². The Kier molecular flexibility index (Phi) is 4.19. The summed E-state index contributed by atoms with van der Waals surface area (Å²) in [6.45, 7) is 4.37. The Hall–Kier alpha value is -1.14. The number of carbonyl (C=O) groups excluding carboxylic acids is 1. The van der Waals surface area contributed by atoms with Crippen LogP contribution >= 0.6 is 27.3 Å². The number of nitrogens with one attached hydrogen (secondary N) is 2. The van der Waals surface area contributed by atoms with E-state index in [2.05, 4.69) is 31.5 Å². The zero-order valence-electron chi connectivity index (χ0n) is 10.2. The highest BCUT2D eigenvalue weighted by molar-refractivity contribution is 9.10. The topological polar surface area (TPSA) is 54.0 Å². The third-order valence-corrected chi connectivity index (χ3v) is 3.89. The molecule has 1 aromatic carbocycles. The van der Waals surface area contributed by atoms with Gasteiger partial charge in [0.25, 0.3) is 0 Å². The molecular weight excluding hydrogens is 314 g/mol. The van der Waals surface area contributed by atoms with Crippen molar-refractivity contribution < 1.29 is 4.79 Å². The predicted molar refractivity (Wildman–Crippen MR) is 79.1 cm³/mol. The van der Waals surface area contributed by atoms with Crippen molar-refractivity contribution >= 4 is 48.5 Å². The molecule has 1 aromatic heterocycles. The van der Waals surface area contributed by atoms with Crippen LogP contribution in [0.1, 0.15) is 13.8 Å². The maximum Gasteiger partial charge on any atom is 0.242 e. The lowest BCUT2D eigenvalue weighted by Crippen LogP contribution is -2.37. The highest BCUT2D eigenvalue weighted by Gasteiger charge is 2.13. The fourth-order valence-electron chi connectivity index (χ4n) is 1.54. The van der Waals surface area contributed by atoms with Gasteiger partial charge in [-0.15, -0.1) is 0 Å². The molecule has 4 nitrogen and oxygen atoms in total. The average Bonchev–Trinajstić information content (AvgIpc) is 2.70. The third-order valence-electron chi connectivity index (χ3n) is 2.43. The number of anilines is 1. The Morgan fingerprint density at radius 3 is 3.06 bits per heavy atom. The number of benzene rings is 1. The van der Waals surface area contributed by atoms with Crippen molar-refractivity contribution in [2.45, 2.75) is 19.9 Å². The molecule has 1 unspecified atom stereocenters. The first-order chi connectivity index (χ1) is 8.60. The molecule has 0 fully saturated rings. The summed E-state index contributed by atoms with van der Waals surface area (Å²) < 4.78 is 2.10. The van der Waals surface area contributed by atoms with Gasteiger partial charge in [-0.2, -0.15) is 0 Å². The second-order valence-electron chi connectivity index (χ2n) is 3.89. The zero-order chi connectivity index (χ0) is 13.1. The lowest BCUT2D eigenvalue weighted by Gasteiger charge is -2.11. The molecule has 0 aliphatic heterocycles. The van der Waals surface area contributed by atoms with E-state index in [0.29, 0.717) is 6.54 Å². The fourth-order valence-corrected chi connectivity index (χ4v) is 2.82. The van der Waals surface area contributed by atoms with Gasteiger partial charge < -0.3 is 10.6 Å². The molecular formula is C12H14BrN3OS. The van der Waals surface area contributed by atoms with Crippen molar-refractivity contribution in [2.24, 2.45) is 0 Å². The van der Waals surface area contributed by atoms with E-state index in [1.165, 1.54) is 0 Å². The van der Waals surface area contributed by atoms with Crippen molar-refractivity contribution in [3.8, 4) is 0 Å². The van der Waals surface area contributed by atoms with Gasteiger partial charge in [-0.3, -0.25) is 4.79 Å². The molecule has 0 bridgehead atoms. The smallest absolute Gasteiger partial charge is 0.242 e. The third kappa shape index (κ3) is 3.00. The van der Waals surface area contributed by atoms with E-state index in [4.69, 9.17) is 0 Å². The van der Waals surface area contributed by atoms with Crippen molar-refractivity contribution in [3.05, 3.63) is 22.7 Å². The van der Waals surface area contributed by atoms with Crippen molar-refractivity contribution in [1.82, 2.24) is 10.3 Å². The molecule has 2 rings (SSSR count). The number of fused-ring (bicyclic) bond motifs is 1. The summed E-state index contributed by atoms with van der Waals surface area (Å²) in [5.41, 5.74) is 0.931. The number of rotatable bonds is 4. The maximum atomic E-state index is 11.6. The van der Waals surface area contributed by atoms with Crippen LogP contribution in [0.4, 0.5) is 5.13 Å². The SMILES string of the molecule is CCNC(=O)C(C)Nc1nc2cc(Br)ccc2s1. The summed E-state index contributed by atoms with van der Waals surface area (Å²) in [5.74, 6) is -0.0158. The van der Waals surface area contributed by atoms with E-state index in [0.717, 1.165) is 19.8 Å². The Morgan fingerprint density at radius 2 is 2.33 bits per heavy atom. The molecule has 0 saturated heterocycles. The summed E-state index contributed by atoms with van der Waals surface area (Å²) >= 11 is 4.96. The molecule has 2 N–H and O–H groups in total. The Morgan fingerprint density at radius 1 is 1.56 bits per heavy atom. The van der Waals surface area contributed by atoms with Gasteiger partial charge in [0.05, 0.1) is 10.2 Å². The first kappa shape index (κ1) is 13.3. The summed E-state index contributed by atoms with van der Waals surface area (Å²) in [4.78, 5) is 16.1. The second kappa shape index (κ2) is 5.67. The molecule has 2 aromatic rings. The largest absolute Gasteiger partial charge is 0.355 e. The number of likely N-dealkylation sites (N-methyl/N-ethyl adjacent to an activating group) is 1. The van der Waals surface area contributed by atoms with E-state index >= 15 is 0 Å². The van der Waals surface area contributed by atoms with Gasteiger partial charge in [-0.1, -0.05) is 27.3 Å². The van der Waals surface area contributed by atoms with Gasteiger partial charge in [0, 0.05) is 11.0 Å². The highest BCUT2D eigenvalue weighted by atomic mass is 79.9. The van der Waals surface area contributed by atoms with Crippen LogP contribution in [0.3, 0.4) is 0 Å². The van der Waals surface area contributed by atoms with Gasteiger partial charge in [0.2, 0.25) is 5.91 Å². The molecule has 18 heavy (non-hydrogen) atoms. The fraction of sp³-hybridized carbons (Fsp3) is 0.333. The lowest BCUT2D eigenvalue weighted by molar-refractivity contribution is -0.121. The molecule has 6 heteroatoms. The minimum Gasteiger partial charge on any atom is -0.355 e. The van der Waals surface area contributed by atoms with Crippen LogP contribution in [0, 0.1) is 0 Å². The molecule has 0 spiro atoms. The molecule has 1 amide bonds. The number of hydrogen-bond acceptors (Lipinski definition) is 4. The van der Waals surface area contributed by atoms with Gasteiger partial charge in [-0.25, -0.2) is 4.98 Å². The van der Waals surface area contributed by atoms with Gasteiger partial charge in [0.1, 0.15) is 6.04 Å². The van der Waals surface area contributed by atoms with Crippen LogP contribution in [0.15, 0.2) is 22.7 Å². The number of nitrogens with zero attached hydrogens (tertiary/aromatic N) is 1. The lowest BCUT2D eigenvalue weighted by atomic mass is 10.3. The van der Waals surface area contributed by atoms with Gasteiger partial charge >= 0.3 is 0 Å². The molecule has 96 valence electrons. The van der Waals surface area contributed by atoms with E-state index in [1.807, 2.05) is 32.0 Å². The molecule has 0 radical (unpaired) electrons. The maximum absolute atomic E-state index is 11.6. The number of halogens is 1. The van der Waals surface area contributed by atoms with Gasteiger partial charge in [-0.05, 0) is 32.0 Å². The van der Waals surface area contributed by atoms with Gasteiger partial charge in [0.15, 0.2) is 5.13 Å². The second-order valence-corrected chi connectivity index (χ2v) is 5.84. The number of hydrogen-bond donors (Lipinski definition) is 2. The molecule has 1 heterocycles. The molecule has 0 saturated carbocycles. The monoisotopic (exact) mass is 327 g/mol. The van der Waals surface area contributed by atoms with Crippen LogP contribution in [0.2, 0.25) is 0 Å². The summed E-state index contributed by atoms with van der Waals surface area (Å²) in [5, 5.41) is 6.66. The van der Waals surface area contributed by atoms with Crippen molar-refractivity contribution in [3.63, 3.8) is 0 Å². The number of thiazole rings is 1. The summed E-state index contributed by atoms with van der Waals surface area (Å²) in [7, 11) is 0. The van der Waals surface area contributed by atoms with Crippen LogP contribution in [0.5, 0.6) is 0 Å². The van der Waals surface area contributed by atoms with E-state index in [9.17, 15) is 4.79 Å². The van der Waals surface area contributed by atoms with Crippen molar-refractivity contribution in [2.75, 3.05) is 11.9 Å². The highest BCUT2D eigenvalue weighted by Crippen LogP contribution is 2.28. The average molecular weight is 328 g/mol. The van der Waals surface area contributed by atoms with E-state index in [1.54, 1.807) is 11.3 Å². The Labute approximate surface area is 118 Å². The summed E-state index contributed by atoms with van der Waals surface area (Å²) in [6.07, 6.45) is 0. The van der Waals surface area contributed by atoms with Crippen LogP contribution in [0.25, 0.3) is 10.2 Å². The van der Waals surface area contributed by atoms with E-state index < -0.39 is 0 Å². The first-order valence-electron chi connectivity index (χ1n) is 5.70. The minimum atomic E-state index is -0.283. The Balaban J connectivity index is 2.14. The first-order valence-corrected chi connectivity index (χ1v) is 7.31. The molecule has 0 aliphatic carbocycles. The molecule has 1 atom stereocenters. The summed E-state index contributed by atoms with van der Waals surface area (Å²) in [6, 6.07) is 5.68. The normalized spacial score (nSPS) is 12.4. The standard InChI is InChI=1S/C12H14BrN3OS/c1-3-14-11(17)7(2)15-12-16-9-6-8(13)4-5-10(9)18-12/h4-7H,3H2,1-2H3,(H,14,17)(H,15,16). The van der Waals surface area contributed by atoms with Crippen LogP contribution < -0.4 is 10.6 Å². The number of amides is 1. The van der Waals surface area contributed by atoms with Crippen LogP contribution in [-0.2, 0) is 4.79 Å². The Bertz CT molecular complexity index is 569. The number of aromatic nitrogens is 1. The number of carbonyl (C=O) groups is 1. The molecule has 0 aliphatic rings. The van der Waals surface area contributed by atoms with Crippen LogP contribution in [-0.4, -0.2) is 23.5 Å². The zero-order valence-corrected chi connectivity index (χ0v) is 12.6. The predicted octanol–water partition coefficient (Wildman–Crippen LogP) is 3.00. The van der Waals surface area contributed by atoms with Crippen molar-refractivity contribution in [1.29, 1.82) is 0 Å². The minimum absolute atomic E-state index is 0.0158. The quantitative estimate of drug-likeness (QED) is 0.907.